The van der Waals surface area contributed by atoms with E-state index in [1.54, 1.807) is 6.92 Å². The van der Waals surface area contributed by atoms with E-state index >= 15 is 0 Å². The summed E-state index contributed by atoms with van der Waals surface area (Å²) in [5.74, 6) is 2.32. The molecule has 2 aromatic rings. The second-order valence-corrected chi connectivity index (χ2v) is 14.7. The molecule has 4 aliphatic carbocycles. The van der Waals surface area contributed by atoms with Crippen LogP contribution >= 0.6 is 0 Å². The van der Waals surface area contributed by atoms with Gasteiger partial charge in [0.15, 0.2) is 0 Å². The number of ether oxygens (including phenoxy) is 2. The highest BCUT2D eigenvalue weighted by molar-refractivity contribution is 5.80. The van der Waals surface area contributed by atoms with Crippen molar-refractivity contribution in [2.45, 2.75) is 98.2 Å². The fourth-order valence-electron chi connectivity index (χ4n) is 10.5. The minimum absolute atomic E-state index is 0.0496. The van der Waals surface area contributed by atoms with E-state index < -0.39 is 0 Å². The molecule has 4 heteroatoms. The van der Waals surface area contributed by atoms with Crippen molar-refractivity contribution < 1.29 is 19.1 Å². The molecular weight excluding hydrogens is 544 g/mol. The first-order chi connectivity index (χ1) is 21.1. The molecule has 44 heavy (non-hydrogen) atoms. The molecule has 0 aliphatic heterocycles. The Kier molecular flexibility index (Phi) is 8.65. The van der Waals surface area contributed by atoms with Gasteiger partial charge in [-0.05, 0) is 110 Å². The minimum Gasteiger partial charge on any atom is -0.463 e. The molecule has 0 spiro atoms. The molecule has 2 aromatic carbocycles. The predicted molar refractivity (Wildman–Crippen MR) is 175 cm³/mol. The van der Waals surface area contributed by atoms with Crippen LogP contribution in [0.3, 0.4) is 0 Å². The first-order valence-corrected chi connectivity index (χ1v) is 16.9. The molecule has 4 fully saturated rings. The minimum atomic E-state index is -0.162. The van der Waals surface area contributed by atoms with Crippen LogP contribution in [-0.4, -0.2) is 24.1 Å². The Bertz CT molecular complexity index is 1370. The van der Waals surface area contributed by atoms with Crippen LogP contribution in [0.25, 0.3) is 5.57 Å². The van der Waals surface area contributed by atoms with Crippen LogP contribution in [0.15, 0.2) is 78.4 Å². The lowest BCUT2D eigenvalue weighted by atomic mass is 9.44. The summed E-state index contributed by atoms with van der Waals surface area (Å²) in [5, 5.41) is 0. The number of esters is 2. The summed E-state index contributed by atoms with van der Waals surface area (Å²) in [6.45, 7) is 10.4. The van der Waals surface area contributed by atoms with Crippen molar-refractivity contribution in [3.8, 4) is 0 Å². The lowest BCUT2D eigenvalue weighted by molar-refractivity contribution is -0.193. The van der Waals surface area contributed by atoms with Gasteiger partial charge in [-0.2, -0.15) is 0 Å². The van der Waals surface area contributed by atoms with Crippen molar-refractivity contribution in [3.05, 3.63) is 89.5 Å². The van der Waals surface area contributed by atoms with Gasteiger partial charge < -0.3 is 9.47 Å². The monoisotopic (exact) mass is 594 g/mol. The van der Waals surface area contributed by atoms with Crippen molar-refractivity contribution in [1.29, 1.82) is 0 Å². The maximum atomic E-state index is 12.6. The van der Waals surface area contributed by atoms with Crippen LogP contribution in [0.5, 0.6) is 0 Å². The second-order valence-electron chi connectivity index (χ2n) is 14.7. The van der Waals surface area contributed by atoms with Crippen LogP contribution in [0.2, 0.25) is 0 Å². The molecule has 0 radical (unpaired) electrons. The van der Waals surface area contributed by atoms with Gasteiger partial charge in [0.05, 0.1) is 0 Å². The molecule has 234 valence electrons. The molecule has 9 unspecified atom stereocenters. The van der Waals surface area contributed by atoms with E-state index in [1.165, 1.54) is 48.5 Å². The van der Waals surface area contributed by atoms with Gasteiger partial charge in [-0.15, -0.1) is 0 Å². The third kappa shape index (κ3) is 5.59. The van der Waals surface area contributed by atoms with Crippen LogP contribution in [-0.2, 0) is 19.1 Å². The zero-order valence-electron chi connectivity index (χ0n) is 27.3. The van der Waals surface area contributed by atoms with E-state index in [4.69, 9.17) is 9.47 Å². The lowest BCUT2D eigenvalue weighted by Gasteiger charge is -2.62. The zero-order chi connectivity index (χ0) is 31.1. The van der Waals surface area contributed by atoms with Crippen molar-refractivity contribution in [2.75, 3.05) is 0 Å². The molecule has 6 rings (SSSR count). The van der Waals surface area contributed by atoms with Gasteiger partial charge in [-0.3, -0.25) is 9.59 Å². The normalized spacial score (nSPS) is 36.3. The number of carbonyl (C=O) groups excluding carboxylic acids is 2. The average molecular weight is 595 g/mol. The van der Waals surface area contributed by atoms with Crippen LogP contribution in [0, 0.1) is 40.4 Å². The molecule has 9 atom stereocenters. The van der Waals surface area contributed by atoms with Gasteiger partial charge in [0.2, 0.25) is 0 Å². The number of hydrogen-bond donors (Lipinski definition) is 0. The Hall–Kier alpha value is -3.14. The van der Waals surface area contributed by atoms with Crippen molar-refractivity contribution in [3.63, 3.8) is 0 Å². The van der Waals surface area contributed by atoms with E-state index in [9.17, 15) is 9.59 Å². The summed E-state index contributed by atoms with van der Waals surface area (Å²) in [6.07, 6.45) is 13.3. The molecule has 0 saturated heterocycles. The first-order valence-electron chi connectivity index (χ1n) is 16.9. The van der Waals surface area contributed by atoms with Gasteiger partial charge >= 0.3 is 11.9 Å². The standard InChI is InChI=1S/C40H50O4/c1-26(16-18-33(29-12-8-6-9-13-29)30-14-10-7-11-15-30)35-20-21-36-34-19-17-31-24-32(43-27(2)41)22-23-39(31,4)37(34)25-38(40(35,36)5)44-28(3)42/h6-16,18,31-32,34-38H,17,19-25H2,1-5H3/b26-16-. The summed E-state index contributed by atoms with van der Waals surface area (Å²) in [5.41, 5.74) is 5.15. The largest absolute Gasteiger partial charge is 0.463 e. The van der Waals surface area contributed by atoms with E-state index in [0.29, 0.717) is 29.6 Å². The van der Waals surface area contributed by atoms with Gasteiger partial charge in [0, 0.05) is 19.3 Å². The number of rotatable bonds is 6. The highest BCUT2D eigenvalue weighted by Crippen LogP contribution is 2.68. The SMILES string of the molecule is CC(=O)OC1CCC2(C)C(CCC3C2CC(OC(C)=O)C2(C)C(/C(C)=C\C=C(c4ccccc4)c4ccccc4)CCC32)C1. The van der Waals surface area contributed by atoms with Gasteiger partial charge in [-0.1, -0.05) is 92.2 Å². The lowest BCUT2D eigenvalue weighted by Crippen LogP contribution is -2.59. The quantitative estimate of drug-likeness (QED) is 0.247. The number of hydrogen-bond acceptors (Lipinski definition) is 4. The van der Waals surface area contributed by atoms with Crippen molar-refractivity contribution >= 4 is 17.5 Å². The fraction of sp³-hybridized carbons (Fsp3) is 0.550. The smallest absolute Gasteiger partial charge is 0.302 e. The molecule has 4 nitrogen and oxygen atoms in total. The Morgan fingerprint density at radius 3 is 1.98 bits per heavy atom. The van der Waals surface area contributed by atoms with Crippen molar-refractivity contribution in [2.24, 2.45) is 40.4 Å². The summed E-state index contributed by atoms with van der Waals surface area (Å²) in [6, 6.07) is 21.3. The van der Waals surface area contributed by atoms with Crippen LogP contribution < -0.4 is 0 Å². The van der Waals surface area contributed by atoms with Crippen LogP contribution in [0.1, 0.15) is 97.1 Å². The average Bonchev–Trinajstić information content (AvgIpc) is 3.37. The van der Waals surface area contributed by atoms with E-state index in [1.807, 2.05) is 0 Å². The highest BCUT2D eigenvalue weighted by Gasteiger charge is 2.64. The zero-order valence-corrected chi connectivity index (χ0v) is 27.3. The van der Waals surface area contributed by atoms with Crippen LogP contribution in [0.4, 0.5) is 0 Å². The number of carbonyl (C=O) groups is 2. The third-order valence-electron chi connectivity index (χ3n) is 12.6. The predicted octanol–water partition coefficient (Wildman–Crippen LogP) is 9.20. The summed E-state index contributed by atoms with van der Waals surface area (Å²) in [4.78, 5) is 24.3. The number of benzene rings is 2. The van der Waals surface area contributed by atoms with E-state index in [-0.39, 0.29) is 35.0 Å². The third-order valence-corrected chi connectivity index (χ3v) is 12.6. The maximum Gasteiger partial charge on any atom is 0.302 e. The Morgan fingerprint density at radius 1 is 0.727 bits per heavy atom. The summed E-state index contributed by atoms with van der Waals surface area (Å²) < 4.78 is 12.0. The first kappa shape index (κ1) is 30.9. The maximum absolute atomic E-state index is 12.6. The van der Waals surface area contributed by atoms with E-state index in [0.717, 1.165) is 32.1 Å². The molecule has 4 saturated carbocycles. The van der Waals surface area contributed by atoms with Gasteiger partial charge in [0.25, 0.3) is 0 Å². The molecule has 0 heterocycles. The summed E-state index contributed by atoms with van der Waals surface area (Å²) >= 11 is 0. The van der Waals surface area contributed by atoms with Gasteiger partial charge in [0.1, 0.15) is 12.2 Å². The number of allylic oxidation sites excluding steroid dienone is 3. The molecular formula is C40H50O4. The molecule has 0 aromatic heterocycles. The Labute approximate surface area is 264 Å². The van der Waals surface area contributed by atoms with E-state index in [2.05, 4.69) is 93.6 Å². The summed E-state index contributed by atoms with van der Waals surface area (Å²) in [7, 11) is 0. The van der Waals surface area contributed by atoms with Crippen molar-refractivity contribution in [1.82, 2.24) is 0 Å². The fourth-order valence-corrected chi connectivity index (χ4v) is 10.5. The van der Waals surface area contributed by atoms with Gasteiger partial charge in [-0.25, -0.2) is 0 Å². The second kappa shape index (κ2) is 12.3. The molecule has 0 amide bonds. The molecule has 0 bridgehead atoms. The molecule has 4 aliphatic rings. The number of fused-ring (bicyclic) bond motifs is 5. The Balaban J connectivity index is 1.31. The molecule has 0 N–H and O–H groups in total. The highest BCUT2D eigenvalue weighted by atomic mass is 16.5. The topological polar surface area (TPSA) is 52.6 Å². The Morgan fingerprint density at radius 2 is 1.36 bits per heavy atom.